The number of methoxy groups -OCH3 is 2. The van der Waals surface area contributed by atoms with Crippen molar-refractivity contribution in [3.63, 3.8) is 0 Å². The van der Waals surface area contributed by atoms with Gasteiger partial charge in [-0.25, -0.2) is 4.39 Å². The van der Waals surface area contributed by atoms with Crippen molar-refractivity contribution in [2.75, 3.05) is 40.5 Å². The number of ether oxygens (including phenoxy) is 2. The van der Waals surface area contributed by atoms with E-state index in [0.29, 0.717) is 0 Å². The fraction of sp³-hybridized carbons (Fsp3) is 0.455. The van der Waals surface area contributed by atoms with Gasteiger partial charge in [-0.3, -0.25) is 9.80 Å². The minimum atomic E-state index is -0.213. The highest BCUT2D eigenvalue weighted by Crippen LogP contribution is 2.28. The van der Waals surface area contributed by atoms with Crippen LogP contribution in [-0.4, -0.2) is 61.4 Å². The number of aliphatic hydroxyl groups excluding tert-OH is 1. The maximum atomic E-state index is 13.2. The largest absolute Gasteiger partial charge is 0.493 e. The average Bonchev–Trinajstić information content (AvgIpc) is 2.71. The van der Waals surface area contributed by atoms with E-state index in [1.54, 1.807) is 14.2 Å². The summed E-state index contributed by atoms with van der Waals surface area (Å²) < 4.78 is 23.9. The van der Waals surface area contributed by atoms with Gasteiger partial charge in [0.25, 0.3) is 0 Å². The van der Waals surface area contributed by atoms with E-state index in [9.17, 15) is 9.50 Å². The van der Waals surface area contributed by atoms with Crippen LogP contribution in [0.15, 0.2) is 42.5 Å². The molecule has 0 aromatic heterocycles. The molecule has 2 aromatic carbocycles. The van der Waals surface area contributed by atoms with E-state index in [-0.39, 0.29) is 18.5 Å². The number of nitrogens with zero attached hydrogens (tertiary/aromatic N) is 2. The molecule has 0 amide bonds. The van der Waals surface area contributed by atoms with Gasteiger partial charge in [0, 0.05) is 45.4 Å². The van der Waals surface area contributed by atoms with Gasteiger partial charge in [-0.15, -0.1) is 0 Å². The van der Waals surface area contributed by atoms with E-state index >= 15 is 0 Å². The number of rotatable bonds is 8. The molecule has 1 N–H and O–H groups in total. The van der Waals surface area contributed by atoms with Crippen LogP contribution in [0, 0.1) is 5.82 Å². The van der Waals surface area contributed by atoms with Gasteiger partial charge >= 0.3 is 0 Å². The Balaban J connectivity index is 1.64. The second kappa shape index (κ2) is 9.87. The van der Waals surface area contributed by atoms with Crippen molar-refractivity contribution in [1.82, 2.24) is 9.80 Å². The predicted molar refractivity (Wildman–Crippen MR) is 107 cm³/mol. The first-order valence-corrected chi connectivity index (χ1v) is 9.65. The lowest BCUT2D eigenvalue weighted by molar-refractivity contribution is 0.0499. The van der Waals surface area contributed by atoms with Crippen molar-refractivity contribution in [3.05, 3.63) is 59.4 Å². The van der Waals surface area contributed by atoms with Crippen LogP contribution in [0.25, 0.3) is 0 Å². The Morgan fingerprint density at radius 2 is 1.68 bits per heavy atom. The van der Waals surface area contributed by atoms with Gasteiger partial charge in [-0.1, -0.05) is 18.2 Å². The summed E-state index contributed by atoms with van der Waals surface area (Å²) in [7, 11) is 3.28. The quantitative estimate of drug-likeness (QED) is 0.753. The number of halogens is 1. The molecule has 0 aliphatic carbocycles. The maximum Gasteiger partial charge on any atom is 0.161 e. The zero-order chi connectivity index (χ0) is 19.9. The lowest BCUT2D eigenvalue weighted by Gasteiger charge is -2.41. The molecule has 1 heterocycles. The van der Waals surface area contributed by atoms with Crippen LogP contribution in [0.4, 0.5) is 4.39 Å². The van der Waals surface area contributed by atoms with Gasteiger partial charge in [0.2, 0.25) is 0 Å². The van der Waals surface area contributed by atoms with Crippen molar-refractivity contribution in [3.8, 4) is 11.5 Å². The summed E-state index contributed by atoms with van der Waals surface area (Å²) >= 11 is 0. The van der Waals surface area contributed by atoms with Crippen molar-refractivity contribution in [2.45, 2.75) is 25.6 Å². The van der Waals surface area contributed by atoms with Gasteiger partial charge < -0.3 is 14.6 Å². The molecule has 1 fully saturated rings. The summed E-state index contributed by atoms with van der Waals surface area (Å²) in [6, 6.07) is 13.0. The molecule has 1 aliphatic rings. The van der Waals surface area contributed by atoms with Crippen LogP contribution in [0.1, 0.15) is 17.5 Å². The third-order valence-corrected chi connectivity index (χ3v) is 5.30. The maximum absolute atomic E-state index is 13.2. The van der Waals surface area contributed by atoms with E-state index in [1.807, 2.05) is 24.3 Å². The first-order chi connectivity index (χ1) is 13.6. The zero-order valence-corrected chi connectivity index (χ0v) is 16.6. The number of aliphatic hydroxyl groups is 1. The highest BCUT2D eigenvalue weighted by molar-refractivity contribution is 5.42. The molecule has 152 valence electrons. The first-order valence-electron chi connectivity index (χ1n) is 9.65. The molecule has 2 aromatic rings. The minimum Gasteiger partial charge on any atom is -0.493 e. The molecule has 0 spiro atoms. The topological polar surface area (TPSA) is 45.2 Å². The monoisotopic (exact) mass is 388 g/mol. The van der Waals surface area contributed by atoms with E-state index in [0.717, 1.165) is 56.2 Å². The third kappa shape index (κ3) is 5.22. The molecule has 0 radical (unpaired) electrons. The fourth-order valence-corrected chi connectivity index (χ4v) is 3.79. The normalized spacial score (nSPS) is 18.2. The molecule has 1 aliphatic heterocycles. The molecular formula is C22H29FN2O3. The molecule has 28 heavy (non-hydrogen) atoms. The van der Waals surface area contributed by atoms with Gasteiger partial charge in [-0.2, -0.15) is 0 Å². The highest BCUT2D eigenvalue weighted by atomic mass is 19.1. The molecule has 0 saturated carbocycles. The third-order valence-electron chi connectivity index (χ3n) is 5.30. The molecule has 6 heteroatoms. The predicted octanol–water partition coefficient (Wildman–Crippen LogP) is 2.91. The van der Waals surface area contributed by atoms with Crippen molar-refractivity contribution >= 4 is 0 Å². The SMILES string of the molecule is COc1ccc(CN2CCN(Cc3ccc(F)cc3)[C@@H](CCO)C2)cc1OC. The second-order valence-corrected chi connectivity index (χ2v) is 7.19. The van der Waals surface area contributed by atoms with E-state index < -0.39 is 0 Å². The Labute approximate surface area is 166 Å². The molecule has 1 atom stereocenters. The van der Waals surface area contributed by atoms with Crippen LogP contribution in [0.3, 0.4) is 0 Å². The van der Waals surface area contributed by atoms with Crippen LogP contribution in [-0.2, 0) is 13.1 Å². The summed E-state index contributed by atoms with van der Waals surface area (Å²) in [5.41, 5.74) is 2.27. The van der Waals surface area contributed by atoms with Crippen molar-refractivity contribution in [2.24, 2.45) is 0 Å². The summed E-state index contributed by atoms with van der Waals surface area (Å²) in [6.45, 7) is 4.50. The number of benzene rings is 2. The smallest absolute Gasteiger partial charge is 0.161 e. The molecule has 3 rings (SSSR count). The van der Waals surface area contributed by atoms with Gasteiger partial charge in [0.15, 0.2) is 11.5 Å². The highest BCUT2D eigenvalue weighted by Gasteiger charge is 2.26. The molecule has 1 saturated heterocycles. The lowest BCUT2D eigenvalue weighted by atomic mass is 10.1. The first kappa shape index (κ1) is 20.6. The van der Waals surface area contributed by atoms with Gasteiger partial charge in [0.05, 0.1) is 14.2 Å². The second-order valence-electron chi connectivity index (χ2n) is 7.19. The van der Waals surface area contributed by atoms with E-state index in [2.05, 4.69) is 15.9 Å². The van der Waals surface area contributed by atoms with Crippen molar-refractivity contribution < 1.29 is 19.0 Å². The number of hydrogen-bond acceptors (Lipinski definition) is 5. The Morgan fingerprint density at radius 3 is 2.36 bits per heavy atom. The standard InChI is InChI=1S/C22H29FN2O3/c1-27-21-8-5-18(13-22(21)28-2)14-24-10-11-25(20(16-24)9-12-26)15-17-3-6-19(23)7-4-17/h3-8,13,20,26H,9-12,14-16H2,1-2H3/t20-/m0/s1. The van der Waals surface area contributed by atoms with Crippen molar-refractivity contribution in [1.29, 1.82) is 0 Å². The summed E-state index contributed by atoms with van der Waals surface area (Å²) in [4.78, 5) is 4.79. The zero-order valence-electron chi connectivity index (χ0n) is 16.6. The average molecular weight is 388 g/mol. The van der Waals surface area contributed by atoms with Crippen LogP contribution >= 0.6 is 0 Å². The Hall–Kier alpha value is -2.15. The minimum absolute atomic E-state index is 0.161. The molecule has 5 nitrogen and oxygen atoms in total. The van der Waals surface area contributed by atoms with Gasteiger partial charge in [0.1, 0.15) is 5.82 Å². The van der Waals surface area contributed by atoms with Gasteiger partial charge in [-0.05, 0) is 41.8 Å². The summed E-state index contributed by atoms with van der Waals surface area (Å²) in [5.74, 6) is 1.26. The Kier molecular flexibility index (Phi) is 7.25. The molecule has 0 unspecified atom stereocenters. The molecular weight excluding hydrogens is 359 g/mol. The lowest BCUT2D eigenvalue weighted by Crippen LogP contribution is -2.52. The van der Waals surface area contributed by atoms with Crippen LogP contribution in [0.5, 0.6) is 11.5 Å². The Morgan fingerprint density at radius 1 is 0.964 bits per heavy atom. The van der Waals surface area contributed by atoms with E-state index in [1.165, 1.54) is 17.7 Å². The number of piperazine rings is 1. The van der Waals surface area contributed by atoms with E-state index in [4.69, 9.17) is 9.47 Å². The number of hydrogen-bond donors (Lipinski definition) is 1. The summed E-state index contributed by atoms with van der Waals surface area (Å²) in [5, 5.41) is 9.52. The van der Waals surface area contributed by atoms with Crippen LogP contribution < -0.4 is 9.47 Å². The Bertz CT molecular complexity index is 754. The summed E-state index contributed by atoms with van der Waals surface area (Å²) in [6.07, 6.45) is 0.726. The van der Waals surface area contributed by atoms with Crippen LogP contribution in [0.2, 0.25) is 0 Å². The molecule has 0 bridgehead atoms. The fourth-order valence-electron chi connectivity index (χ4n) is 3.79.